The Morgan fingerprint density at radius 2 is 1.81 bits per heavy atom. The van der Waals surface area contributed by atoms with Crippen molar-refractivity contribution in [1.29, 1.82) is 0 Å². The number of allylic oxidation sites excluding steroid dienone is 2. The summed E-state index contributed by atoms with van der Waals surface area (Å²) in [6.07, 6.45) is 9.17. The Balaban J connectivity index is 1.70. The third-order valence-corrected chi connectivity index (χ3v) is 7.42. The molecule has 1 fully saturated rings. The summed E-state index contributed by atoms with van der Waals surface area (Å²) < 4.78 is 77.5. The molecule has 0 saturated heterocycles. The second kappa shape index (κ2) is 10.4. The monoisotopic (exact) mass is 521 g/mol. The van der Waals surface area contributed by atoms with Crippen LogP contribution in [-0.4, -0.2) is 32.1 Å². The highest BCUT2D eigenvalue weighted by Crippen LogP contribution is 2.43. The number of hydrogen-bond donors (Lipinski definition) is 0. The predicted molar refractivity (Wildman–Crippen MR) is 127 cm³/mol. The van der Waals surface area contributed by atoms with Crippen LogP contribution in [0.15, 0.2) is 54.6 Å². The minimum absolute atomic E-state index is 0.0365. The van der Waals surface area contributed by atoms with Gasteiger partial charge in [-0.25, -0.2) is 0 Å². The zero-order valence-corrected chi connectivity index (χ0v) is 20.5. The van der Waals surface area contributed by atoms with Gasteiger partial charge >= 0.3 is 15.6 Å². The molecule has 0 bridgehead atoms. The van der Waals surface area contributed by atoms with Crippen LogP contribution in [0.25, 0.3) is 0 Å². The lowest BCUT2D eigenvalue weighted by atomic mass is 9.71. The maximum absolute atomic E-state index is 12.8. The smallest absolute Gasteiger partial charge is 0.493 e. The van der Waals surface area contributed by atoms with Gasteiger partial charge in [-0.2, -0.15) is 21.6 Å². The number of alkyl halides is 3. The molecule has 1 heterocycles. The van der Waals surface area contributed by atoms with Crippen molar-refractivity contribution in [2.24, 2.45) is 0 Å². The Labute approximate surface area is 208 Å². The van der Waals surface area contributed by atoms with E-state index in [1.807, 2.05) is 12.1 Å². The van der Waals surface area contributed by atoms with Gasteiger partial charge in [0, 0.05) is 24.4 Å². The standard InChI is InChI=1S/C26H26F3NO5S/c1-33-23-7-6-20(18-24(23)34-21-4-2-3-5-21)25(13-8-19-11-16-30-17-12-19)14-9-22(10-15-25)35-36(31,32)26(27,28)29/h6-7,9,11-12,16-18,21H,2-5,10,14-15H2,1H3. The molecule has 6 nitrogen and oxygen atoms in total. The molecule has 0 radical (unpaired) electrons. The molecule has 4 rings (SSSR count). The highest BCUT2D eigenvalue weighted by Gasteiger charge is 2.49. The number of aromatic nitrogens is 1. The fourth-order valence-electron chi connectivity index (χ4n) is 4.42. The molecule has 1 atom stereocenters. The minimum Gasteiger partial charge on any atom is -0.493 e. The van der Waals surface area contributed by atoms with E-state index >= 15 is 0 Å². The summed E-state index contributed by atoms with van der Waals surface area (Å²) in [5.74, 6) is 7.34. The molecule has 0 aliphatic heterocycles. The number of pyridine rings is 1. The van der Waals surface area contributed by atoms with Crippen LogP contribution in [0.4, 0.5) is 13.2 Å². The van der Waals surface area contributed by atoms with Crippen molar-refractivity contribution < 1.29 is 35.2 Å². The Bertz CT molecular complexity index is 1280. The minimum atomic E-state index is -5.73. The fraction of sp³-hybridized carbons (Fsp3) is 0.423. The lowest BCUT2D eigenvalue weighted by molar-refractivity contribution is -0.0524. The van der Waals surface area contributed by atoms with E-state index in [-0.39, 0.29) is 31.1 Å². The summed E-state index contributed by atoms with van der Waals surface area (Å²) in [6.45, 7) is 0. The lowest BCUT2D eigenvalue weighted by Gasteiger charge is -2.33. The molecule has 1 aromatic heterocycles. The quantitative estimate of drug-likeness (QED) is 0.279. The van der Waals surface area contributed by atoms with Crippen molar-refractivity contribution in [1.82, 2.24) is 4.98 Å². The van der Waals surface area contributed by atoms with Gasteiger partial charge in [0.1, 0.15) is 5.76 Å². The maximum atomic E-state index is 12.8. The molecule has 2 aliphatic rings. The number of halogens is 3. The molecule has 36 heavy (non-hydrogen) atoms. The van der Waals surface area contributed by atoms with E-state index in [0.717, 1.165) is 36.8 Å². The number of rotatable bonds is 6. The van der Waals surface area contributed by atoms with E-state index in [1.54, 1.807) is 37.7 Å². The first-order valence-electron chi connectivity index (χ1n) is 11.6. The summed E-state index contributed by atoms with van der Waals surface area (Å²) in [4.78, 5) is 3.99. The van der Waals surface area contributed by atoms with Crippen molar-refractivity contribution in [2.75, 3.05) is 7.11 Å². The topological polar surface area (TPSA) is 74.7 Å². The molecule has 0 spiro atoms. The van der Waals surface area contributed by atoms with E-state index in [4.69, 9.17) is 9.47 Å². The summed E-state index contributed by atoms with van der Waals surface area (Å²) in [6, 6.07) is 9.02. The summed E-state index contributed by atoms with van der Waals surface area (Å²) in [7, 11) is -4.17. The van der Waals surface area contributed by atoms with Crippen LogP contribution in [0.2, 0.25) is 0 Å². The average Bonchev–Trinajstić information content (AvgIpc) is 3.37. The number of hydrogen-bond acceptors (Lipinski definition) is 6. The van der Waals surface area contributed by atoms with Gasteiger partial charge in [0.2, 0.25) is 0 Å². The molecule has 192 valence electrons. The molecular formula is C26H26F3NO5S. The molecular weight excluding hydrogens is 495 g/mol. The van der Waals surface area contributed by atoms with Crippen LogP contribution in [0, 0.1) is 11.8 Å². The molecule has 2 aromatic rings. The van der Waals surface area contributed by atoms with E-state index in [1.165, 1.54) is 6.08 Å². The van der Waals surface area contributed by atoms with Crippen molar-refractivity contribution >= 4 is 10.1 Å². The summed E-state index contributed by atoms with van der Waals surface area (Å²) in [5, 5.41) is 0. The first kappa shape index (κ1) is 25.9. The van der Waals surface area contributed by atoms with Gasteiger partial charge in [0.15, 0.2) is 11.5 Å². The van der Waals surface area contributed by atoms with Crippen LogP contribution >= 0.6 is 0 Å². The maximum Gasteiger partial charge on any atom is 0.534 e. The van der Waals surface area contributed by atoms with E-state index in [9.17, 15) is 21.6 Å². The van der Waals surface area contributed by atoms with Crippen LogP contribution in [0.5, 0.6) is 11.5 Å². The summed E-state index contributed by atoms with van der Waals surface area (Å²) in [5.41, 5.74) is -4.78. The second-order valence-corrected chi connectivity index (χ2v) is 10.4. The van der Waals surface area contributed by atoms with Crippen molar-refractivity contribution in [3.05, 3.63) is 65.7 Å². The average molecular weight is 522 g/mol. The normalized spacial score (nSPS) is 20.7. The molecule has 0 amide bonds. The first-order chi connectivity index (χ1) is 17.1. The highest BCUT2D eigenvalue weighted by molar-refractivity contribution is 7.87. The van der Waals surface area contributed by atoms with E-state index < -0.39 is 21.0 Å². The Kier molecular flexibility index (Phi) is 7.50. The van der Waals surface area contributed by atoms with Gasteiger partial charge in [0.25, 0.3) is 0 Å². The summed E-state index contributed by atoms with van der Waals surface area (Å²) >= 11 is 0. The van der Waals surface area contributed by atoms with Gasteiger partial charge in [-0.3, -0.25) is 4.98 Å². The number of nitrogens with zero attached hydrogens (tertiary/aromatic N) is 1. The second-order valence-electron chi connectivity index (χ2n) is 8.82. The number of ether oxygens (including phenoxy) is 2. The molecule has 1 unspecified atom stereocenters. The van der Waals surface area contributed by atoms with Crippen LogP contribution in [0.1, 0.15) is 56.1 Å². The largest absolute Gasteiger partial charge is 0.534 e. The first-order valence-corrected chi connectivity index (χ1v) is 13.0. The van der Waals surface area contributed by atoms with E-state index in [2.05, 4.69) is 21.0 Å². The molecule has 1 aromatic carbocycles. The Morgan fingerprint density at radius 1 is 1.08 bits per heavy atom. The molecule has 1 saturated carbocycles. The predicted octanol–water partition coefficient (Wildman–Crippen LogP) is 5.64. The van der Waals surface area contributed by atoms with Crippen LogP contribution in [-0.2, 0) is 19.7 Å². The fourth-order valence-corrected chi connectivity index (χ4v) is 4.95. The molecule has 10 heteroatoms. The molecule has 2 aliphatic carbocycles. The third kappa shape index (κ3) is 5.78. The lowest BCUT2D eigenvalue weighted by Crippen LogP contribution is -2.30. The van der Waals surface area contributed by atoms with Gasteiger partial charge in [-0.15, -0.1) is 0 Å². The van der Waals surface area contributed by atoms with Gasteiger partial charge in [0.05, 0.1) is 18.6 Å². The van der Waals surface area contributed by atoms with Crippen LogP contribution in [0.3, 0.4) is 0 Å². The number of benzene rings is 1. The number of methoxy groups -OCH3 is 1. The zero-order valence-electron chi connectivity index (χ0n) is 19.7. The van der Waals surface area contributed by atoms with Crippen LogP contribution < -0.4 is 9.47 Å². The Hall–Kier alpha value is -3.19. The van der Waals surface area contributed by atoms with Crippen molar-refractivity contribution in [3.8, 4) is 23.3 Å². The Morgan fingerprint density at radius 3 is 2.42 bits per heavy atom. The highest BCUT2D eigenvalue weighted by atomic mass is 32.2. The van der Waals surface area contributed by atoms with Gasteiger partial charge in [-0.1, -0.05) is 17.9 Å². The van der Waals surface area contributed by atoms with Crippen molar-refractivity contribution in [2.45, 2.75) is 62.0 Å². The van der Waals surface area contributed by atoms with E-state index in [0.29, 0.717) is 11.5 Å². The third-order valence-electron chi connectivity index (χ3n) is 6.42. The van der Waals surface area contributed by atoms with Crippen molar-refractivity contribution in [3.63, 3.8) is 0 Å². The zero-order chi connectivity index (χ0) is 25.8. The van der Waals surface area contributed by atoms with Gasteiger partial charge < -0.3 is 13.7 Å². The SMILES string of the molecule is COc1ccc(C2(C#Cc3ccncc3)CC=C(OS(=O)(=O)C(F)(F)F)CC2)cc1OC1CCCC1. The van der Waals surface area contributed by atoms with Gasteiger partial charge in [-0.05, 0) is 74.4 Å². The molecule has 0 N–H and O–H groups in total.